The molecule has 15 heteroatoms. The van der Waals surface area contributed by atoms with Gasteiger partial charge < -0.3 is 9.79 Å². The first-order valence-electron chi connectivity index (χ1n) is 11.8. The standard InChI is InChI=1S/C23H27F2N6O6P/c1-4-9-30-21(32)18-20(29(5-2)22(30)33)27-19(31(18)14-37-38(34,35)36)16-11-26-28(13-16)12-15-7-6-8-17(10-15)23(3,24)25/h6-8,10-11,13H,4-5,9,12,14H2,1-3H3,(H2,34,35,36). The molecule has 3 heterocycles. The minimum absolute atomic E-state index is 0.0322. The molecule has 0 aliphatic heterocycles. The average Bonchev–Trinajstić information content (AvgIpc) is 3.44. The van der Waals surface area contributed by atoms with Gasteiger partial charge in [0.15, 0.2) is 11.2 Å². The third kappa shape index (κ3) is 5.53. The number of rotatable bonds is 10. The summed E-state index contributed by atoms with van der Waals surface area (Å²) in [4.78, 5) is 49.3. The lowest BCUT2D eigenvalue weighted by atomic mass is 10.1. The summed E-state index contributed by atoms with van der Waals surface area (Å²) < 4.78 is 48.7. The Morgan fingerprint density at radius 1 is 1.13 bits per heavy atom. The minimum Gasteiger partial charge on any atom is -0.303 e. The molecular weight excluding hydrogens is 525 g/mol. The normalized spacial score (nSPS) is 12.5. The van der Waals surface area contributed by atoms with E-state index in [1.807, 2.05) is 0 Å². The number of imidazole rings is 1. The number of alkyl halides is 2. The quantitative estimate of drug-likeness (QED) is 0.286. The molecule has 4 rings (SSSR count). The molecule has 0 spiro atoms. The first kappa shape index (κ1) is 27.6. The molecule has 0 amide bonds. The lowest BCUT2D eigenvalue weighted by molar-refractivity contribution is 0.0174. The zero-order valence-electron chi connectivity index (χ0n) is 20.9. The van der Waals surface area contributed by atoms with E-state index >= 15 is 0 Å². The van der Waals surface area contributed by atoms with Crippen molar-refractivity contribution < 1.29 is 27.7 Å². The highest BCUT2D eigenvalue weighted by atomic mass is 31.2. The van der Waals surface area contributed by atoms with Gasteiger partial charge in [0.25, 0.3) is 11.5 Å². The predicted molar refractivity (Wildman–Crippen MR) is 134 cm³/mol. The Balaban J connectivity index is 1.85. The zero-order valence-corrected chi connectivity index (χ0v) is 21.8. The number of hydrogen-bond donors (Lipinski definition) is 2. The van der Waals surface area contributed by atoms with Gasteiger partial charge in [-0.25, -0.2) is 23.1 Å². The van der Waals surface area contributed by atoms with Gasteiger partial charge >= 0.3 is 13.5 Å². The third-order valence-electron chi connectivity index (χ3n) is 5.90. The topological polar surface area (TPSA) is 146 Å². The molecular formula is C23H27F2N6O6P. The lowest BCUT2D eigenvalue weighted by Crippen LogP contribution is -2.40. The second-order valence-corrected chi connectivity index (χ2v) is 10.0. The van der Waals surface area contributed by atoms with Gasteiger partial charge in [0.05, 0.1) is 18.3 Å². The van der Waals surface area contributed by atoms with Crippen LogP contribution in [0, 0.1) is 0 Å². The molecule has 0 fully saturated rings. The summed E-state index contributed by atoms with van der Waals surface area (Å²) in [5.41, 5.74) is -0.474. The Morgan fingerprint density at radius 2 is 1.87 bits per heavy atom. The van der Waals surface area contributed by atoms with Crippen LogP contribution in [0.5, 0.6) is 0 Å². The lowest BCUT2D eigenvalue weighted by Gasteiger charge is -2.12. The van der Waals surface area contributed by atoms with Gasteiger partial charge in [0.2, 0.25) is 0 Å². The molecule has 0 saturated heterocycles. The SMILES string of the molecule is CCCn1c(=O)c2c(nc(-c3cnn(Cc4cccc(C(C)(F)F)c4)c3)n2COP(=O)(O)O)n(CC)c1=O. The van der Waals surface area contributed by atoms with E-state index in [4.69, 9.17) is 4.52 Å². The van der Waals surface area contributed by atoms with Gasteiger partial charge in [-0.15, -0.1) is 0 Å². The highest BCUT2D eigenvalue weighted by molar-refractivity contribution is 7.46. The van der Waals surface area contributed by atoms with Gasteiger partial charge in [-0.2, -0.15) is 5.10 Å². The summed E-state index contributed by atoms with van der Waals surface area (Å²) >= 11 is 0. The fraction of sp³-hybridized carbons (Fsp3) is 0.391. The third-order valence-corrected chi connectivity index (χ3v) is 6.35. The number of nitrogens with zero attached hydrogens (tertiary/aromatic N) is 6. The molecule has 0 aliphatic rings. The number of aryl methyl sites for hydroxylation is 1. The van der Waals surface area contributed by atoms with Crippen molar-refractivity contribution in [3.05, 3.63) is 68.6 Å². The van der Waals surface area contributed by atoms with Crippen LogP contribution in [-0.4, -0.2) is 38.3 Å². The molecule has 12 nitrogen and oxygen atoms in total. The van der Waals surface area contributed by atoms with Crippen LogP contribution in [0.2, 0.25) is 0 Å². The van der Waals surface area contributed by atoms with E-state index in [0.717, 1.165) is 11.5 Å². The molecule has 0 atom stereocenters. The molecule has 0 bridgehead atoms. The van der Waals surface area contributed by atoms with Gasteiger partial charge in [0.1, 0.15) is 12.6 Å². The molecule has 0 aliphatic carbocycles. The number of benzene rings is 1. The minimum atomic E-state index is -4.93. The first-order valence-corrected chi connectivity index (χ1v) is 13.3. The van der Waals surface area contributed by atoms with Crippen LogP contribution < -0.4 is 11.2 Å². The van der Waals surface area contributed by atoms with Crippen molar-refractivity contribution in [1.29, 1.82) is 0 Å². The Hall–Kier alpha value is -3.45. The van der Waals surface area contributed by atoms with Crippen molar-refractivity contribution in [2.75, 3.05) is 0 Å². The maximum absolute atomic E-state index is 13.7. The van der Waals surface area contributed by atoms with Gasteiger partial charge in [-0.1, -0.05) is 25.1 Å². The molecule has 3 aromatic heterocycles. The van der Waals surface area contributed by atoms with Crippen molar-refractivity contribution >= 4 is 19.0 Å². The number of aromatic nitrogens is 6. The first-order chi connectivity index (χ1) is 17.8. The smallest absolute Gasteiger partial charge is 0.303 e. The van der Waals surface area contributed by atoms with E-state index in [0.29, 0.717) is 17.5 Å². The summed E-state index contributed by atoms with van der Waals surface area (Å²) in [7, 11) is -4.93. The number of phosphoric acid groups is 1. The Labute approximate surface area is 215 Å². The van der Waals surface area contributed by atoms with Gasteiger partial charge in [-0.05, 0) is 25.0 Å². The molecule has 38 heavy (non-hydrogen) atoms. The maximum Gasteiger partial charge on any atom is 0.471 e. The summed E-state index contributed by atoms with van der Waals surface area (Å²) in [6, 6.07) is 5.91. The average molecular weight is 552 g/mol. The fourth-order valence-corrected chi connectivity index (χ4v) is 4.44. The van der Waals surface area contributed by atoms with E-state index in [-0.39, 0.29) is 42.2 Å². The van der Waals surface area contributed by atoms with Crippen LogP contribution in [-0.2, 0) is 41.4 Å². The molecule has 0 unspecified atom stereocenters. The second kappa shape index (κ2) is 10.4. The van der Waals surface area contributed by atoms with E-state index in [2.05, 4.69) is 10.1 Å². The second-order valence-electron chi connectivity index (χ2n) is 8.78. The summed E-state index contributed by atoms with van der Waals surface area (Å²) in [5, 5.41) is 4.26. The van der Waals surface area contributed by atoms with E-state index in [1.54, 1.807) is 26.1 Å². The van der Waals surface area contributed by atoms with E-state index < -0.39 is 31.7 Å². The van der Waals surface area contributed by atoms with Crippen molar-refractivity contribution in [2.45, 2.75) is 59.5 Å². The summed E-state index contributed by atoms with van der Waals surface area (Å²) in [6.07, 6.45) is 3.46. The largest absolute Gasteiger partial charge is 0.471 e. The summed E-state index contributed by atoms with van der Waals surface area (Å²) in [6.45, 7) is 4.07. The van der Waals surface area contributed by atoms with Crippen LogP contribution in [0.1, 0.15) is 38.3 Å². The van der Waals surface area contributed by atoms with Crippen LogP contribution in [0.4, 0.5) is 8.78 Å². The molecule has 204 valence electrons. The van der Waals surface area contributed by atoms with Crippen molar-refractivity contribution in [1.82, 2.24) is 28.5 Å². The maximum atomic E-state index is 13.7. The van der Waals surface area contributed by atoms with Crippen molar-refractivity contribution in [3.63, 3.8) is 0 Å². The highest BCUT2D eigenvalue weighted by Crippen LogP contribution is 2.37. The zero-order chi connectivity index (χ0) is 27.8. The Kier molecular flexibility index (Phi) is 7.53. The molecule has 0 radical (unpaired) electrons. The van der Waals surface area contributed by atoms with E-state index in [1.165, 1.54) is 38.2 Å². The van der Waals surface area contributed by atoms with Crippen LogP contribution in [0.3, 0.4) is 0 Å². The van der Waals surface area contributed by atoms with Crippen LogP contribution in [0.25, 0.3) is 22.6 Å². The molecule has 1 aromatic carbocycles. The fourth-order valence-electron chi connectivity index (χ4n) is 4.17. The molecule has 4 aromatic rings. The predicted octanol–water partition coefficient (Wildman–Crippen LogP) is 2.88. The van der Waals surface area contributed by atoms with E-state index in [9.17, 15) is 32.7 Å². The monoisotopic (exact) mass is 552 g/mol. The number of hydrogen-bond acceptors (Lipinski definition) is 6. The van der Waals surface area contributed by atoms with Crippen molar-refractivity contribution in [3.8, 4) is 11.4 Å². The Bertz CT molecular complexity index is 1640. The highest BCUT2D eigenvalue weighted by Gasteiger charge is 2.26. The van der Waals surface area contributed by atoms with Crippen LogP contribution in [0.15, 0.2) is 46.2 Å². The number of phosphoric ester groups is 1. The number of fused-ring (bicyclic) bond motifs is 1. The molecule has 0 saturated carbocycles. The van der Waals surface area contributed by atoms with Gasteiger partial charge in [0, 0.05) is 31.8 Å². The Morgan fingerprint density at radius 3 is 2.50 bits per heavy atom. The van der Waals surface area contributed by atoms with Crippen LogP contribution >= 0.6 is 7.82 Å². The molecule has 2 N–H and O–H groups in total. The summed E-state index contributed by atoms with van der Waals surface area (Å²) in [5.74, 6) is -2.92. The van der Waals surface area contributed by atoms with Gasteiger partial charge in [-0.3, -0.25) is 27.7 Å². The number of halogens is 2. The van der Waals surface area contributed by atoms with Crippen molar-refractivity contribution in [2.24, 2.45) is 0 Å².